The fraction of sp³-hybridized carbons (Fsp3) is 0.438. The van der Waals surface area contributed by atoms with Gasteiger partial charge in [-0.25, -0.2) is 4.98 Å². The number of aryl methyl sites for hydroxylation is 3. The van der Waals surface area contributed by atoms with E-state index in [1.54, 1.807) is 7.11 Å². The maximum Gasteiger partial charge on any atom is 0.207 e. The molecule has 20 heavy (non-hydrogen) atoms. The number of aromatic nitrogens is 2. The van der Waals surface area contributed by atoms with Gasteiger partial charge in [0.15, 0.2) is 0 Å². The maximum atomic E-state index is 5.06. The second-order valence-electron chi connectivity index (χ2n) is 5.19. The largest absolute Gasteiger partial charge is 0.385 e. The second kappa shape index (κ2) is 6.57. The molecule has 0 fully saturated rings. The molecular formula is C16H23N3O. The number of methoxy groups -OCH3 is 1. The maximum absolute atomic E-state index is 5.06. The first kappa shape index (κ1) is 14.6. The molecule has 0 aliphatic carbocycles. The number of nitrogens with zero attached hydrogens (tertiary/aromatic N) is 2. The fourth-order valence-electron chi connectivity index (χ4n) is 2.33. The van der Waals surface area contributed by atoms with E-state index in [9.17, 15) is 0 Å². The lowest BCUT2D eigenvalue weighted by atomic mass is 10.1. The quantitative estimate of drug-likeness (QED) is 0.821. The average molecular weight is 273 g/mol. The smallest absolute Gasteiger partial charge is 0.207 e. The van der Waals surface area contributed by atoms with Crippen LogP contribution in [0.5, 0.6) is 0 Å². The highest BCUT2D eigenvalue weighted by Crippen LogP contribution is 2.19. The van der Waals surface area contributed by atoms with E-state index in [2.05, 4.69) is 53.1 Å². The van der Waals surface area contributed by atoms with E-state index in [-0.39, 0.29) is 0 Å². The molecule has 2 rings (SSSR count). The lowest BCUT2D eigenvalue weighted by Crippen LogP contribution is -2.09. The summed E-state index contributed by atoms with van der Waals surface area (Å²) in [5, 5.41) is 3.38. The minimum atomic E-state index is 0.760. The van der Waals surface area contributed by atoms with E-state index < -0.39 is 0 Å². The predicted octanol–water partition coefficient (Wildman–Crippen LogP) is 3.25. The normalized spacial score (nSPS) is 10.8. The topological polar surface area (TPSA) is 39.1 Å². The summed E-state index contributed by atoms with van der Waals surface area (Å²) in [4.78, 5) is 4.56. The van der Waals surface area contributed by atoms with Crippen molar-refractivity contribution in [1.82, 2.24) is 9.55 Å². The van der Waals surface area contributed by atoms with E-state index in [1.807, 2.05) is 6.92 Å². The first-order valence-electron chi connectivity index (χ1n) is 6.97. The summed E-state index contributed by atoms with van der Waals surface area (Å²) < 4.78 is 7.18. The molecule has 0 bridgehead atoms. The summed E-state index contributed by atoms with van der Waals surface area (Å²) in [6, 6.07) is 6.53. The first-order chi connectivity index (χ1) is 9.60. The Bertz CT molecular complexity index is 555. The van der Waals surface area contributed by atoms with Gasteiger partial charge in [0.1, 0.15) is 0 Å². The molecule has 0 radical (unpaired) electrons. The number of imidazole rings is 1. The van der Waals surface area contributed by atoms with Gasteiger partial charge in [-0.05, 0) is 50.5 Å². The Kier molecular flexibility index (Phi) is 4.79. The first-order valence-corrected chi connectivity index (χ1v) is 6.97. The molecule has 1 aromatic carbocycles. The van der Waals surface area contributed by atoms with Gasteiger partial charge in [0, 0.05) is 32.1 Å². The molecule has 1 N–H and O–H groups in total. The van der Waals surface area contributed by atoms with Gasteiger partial charge in [-0.1, -0.05) is 6.07 Å². The molecule has 0 amide bonds. The second-order valence-corrected chi connectivity index (χ2v) is 5.19. The molecular weight excluding hydrogens is 250 g/mol. The SMILES string of the molecule is COCCCNc1nc(C)cn1-c1cc(C)cc(C)c1. The minimum Gasteiger partial charge on any atom is -0.385 e. The minimum absolute atomic E-state index is 0.760. The Morgan fingerprint density at radius 1 is 1.15 bits per heavy atom. The van der Waals surface area contributed by atoms with Crippen LogP contribution >= 0.6 is 0 Å². The number of anilines is 1. The highest BCUT2D eigenvalue weighted by Gasteiger charge is 2.07. The van der Waals surface area contributed by atoms with E-state index in [0.29, 0.717) is 0 Å². The van der Waals surface area contributed by atoms with Gasteiger partial charge < -0.3 is 10.1 Å². The fourth-order valence-corrected chi connectivity index (χ4v) is 2.33. The van der Waals surface area contributed by atoms with Crippen LogP contribution in [0.15, 0.2) is 24.4 Å². The highest BCUT2D eigenvalue weighted by atomic mass is 16.5. The predicted molar refractivity (Wildman–Crippen MR) is 82.8 cm³/mol. The van der Waals surface area contributed by atoms with Gasteiger partial charge in [-0.15, -0.1) is 0 Å². The summed E-state index contributed by atoms with van der Waals surface area (Å²) in [6.07, 6.45) is 3.03. The molecule has 0 spiro atoms. The molecule has 1 heterocycles. The Balaban J connectivity index is 2.22. The number of benzene rings is 1. The van der Waals surface area contributed by atoms with E-state index in [1.165, 1.54) is 11.1 Å². The third-order valence-electron chi connectivity index (χ3n) is 3.12. The van der Waals surface area contributed by atoms with Crippen molar-refractivity contribution in [3.8, 4) is 5.69 Å². The van der Waals surface area contributed by atoms with Crippen molar-refractivity contribution in [3.63, 3.8) is 0 Å². The van der Waals surface area contributed by atoms with Crippen molar-refractivity contribution < 1.29 is 4.74 Å². The Labute approximate surface area is 120 Å². The molecule has 1 aromatic heterocycles. The molecule has 0 aliphatic heterocycles. The van der Waals surface area contributed by atoms with Crippen LogP contribution in [0.25, 0.3) is 5.69 Å². The van der Waals surface area contributed by atoms with Crippen molar-refractivity contribution in [3.05, 3.63) is 41.2 Å². The molecule has 108 valence electrons. The van der Waals surface area contributed by atoms with Gasteiger partial charge in [0.25, 0.3) is 0 Å². The molecule has 0 aliphatic rings. The van der Waals surface area contributed by atoms with Crippen molar-refractivity contribution >= 4 is 5.95 Å². The van der Waals surface area contributed by atoms with Crippen LogP contribution in [0.1, 0.15) is 23.2 Å². The Morgan fingerprint density at radius 2 is 1.85 bits per heavy atom. The zero-order valence-corrected chi connectivity index (χ0v) is 12.7. The number of hydrogen-bond acceptors (Lipinski definition) is 3. The van der Waals surface area contributed by atoms with E-state index in [4.69, 9.17) is 4.74 Å². The van der Waals surface area contributed by atoms with Crippen LogP contribution in [-0.4, -0.2) is 29.8 Å². The van der Waals surface area contributed by atoms with Crippen LogP contribution in [0.4, 0.5) is 5.95 Å². The van der Waals surface area contributed by atoms with Crippen LogP contribution in [0.2, 0.25) is 0 Å². The zero-order valence-electron chi connectivity index (χ0n) is 12.7. The summed E-state index contributed by atoms with van der Waals surface area (Å²) in [6.45, 7) is 7.86. The number of ether oxygens (including phenoxy) is 1. The number of nitrogens with one attached hydrogen (secondary N) is 1. The third-order valence-corrected chi connectivity index (χ3v) is 3.12. The van der Waals surface area contributed by atoms with Gasteiger partial charge in [0.05, 0.1) is 5.69 Å². The van der Waals surface area contributed by atoms with Crippen LogP contribution in [0.3, 0.4) is 0 Å². The van der Waals surface area contributed by atoms with E-state index >= 15 is 0 Å². The summed E-state index contributed by atoms with van der Waals surface area (Å²) in [5.74, 6) is 0.892. The van der Waals surface area contributed by atoms with Crippen molar-refractivity contribution in [2.75, 3.05) is 25.6 Å². The van der Waals surface area contributed by atoms with Crippen LogP contribution < -0.4 is 5.32 Å². The Morgan fingerprint density at radius 3 is 2.50 bits per heavy atom. The van der Waals surface area contributed by atoms with Gasteiger partial charge in [-0.3, -0.25) is 4.57 Å². The van der Waals surface area contributed by atoms with Crippen LogP contribution in [-0.2, 0) is 4.74 Å². The third kappa shape index (κ3) is 3.61. The van der Waals surface area contributed by atoms with Crippen LogP contribution in [0, 0.1) is 20.8 Å². The molecule has 0 atom stereocenters. The van der Waals surface area contributed by atoms with Gasteiger partial charge in [-0.2, -0.15) is 0 Å². The highest BCUT2D eigenvalue weighted by molar-refractivity contribution is 5.46. The summed E-state index contributed by atoms with van der Waals surface area (Å²) >= 11 is 0. The van der Waals surface area contributed by atoms with Crippen molar-refractivity contribution in [2.45, 2.75) is 27.2 Å². The standard InChI is InChI=1S/C16H23N3O/c1-12-8-13(2)10-15(9-12)19-11-14(3)18-16(19)17-6-5-7-20-4/h8-11H,5-7H2,1-4H3,(H,17,18). The Hall–Kier alpha value is -1.81. The molecule has 4 nitrogen and oxygen atoms in total. The van der Waals surface area contributed by atoms with Gasteiger partial charge in [0.2, 0.25) is 5.95 Å². The molecule has 0 saturated heterocycles. The molecule has 0 saturated carbocycles. The average Bonchev–Trinajstić information content (AvgIpc) is 2.75. The lowest BCUT2D eigenvalue weighted by molar-refractivity contribution is 0.197. The molecule has 2 aromatic rings. The van der Waals surface area contributed by atoms with Gasteiger partial charge >= 0.3 is 0 Å². The number of rotatable bonds is 6. The monoisotopic (exact) mass is 273 g/mol. The van der Waals surface area contributed by atoms with Crippen molar-refractivity contribution in [1.29, 1.82) is 0 Å². The van der Waals surface area contributed by atoms with E-state index in [0.717, 1.165) is 36.9 Å². The molecule has 0 unspecified atom stereocenters. The summed E-state index contributed by atoms with van der Waals surface area (Å²) in [7, 11) is 1.72. The van der Waals surface area contributed by atoms with Crippen molar-refractivity contribution in [2.24, 2.45) is 0 Å². The molecule has 4 heteroatoms. The zero-order chi connectivity index (χ0) is 14.5. The lowest BCUT2D eigenvalue weighted by Gasteiger charge is -2.11. The summed E-state index contributed by atoms with van der Waals surface area (Å²) in [5.41, 5.74) is 4.68. The number of hydrogen-bond donors (Lipinski definition) is 1.